The van der Waals surface area contributed by atoms with Gasteiger partial charge in [0.15, 0.2) is 0 Å². The Labute approximate surface area is 91.0 Å². The molecule has 2 fully saturated rings. The minimum Gasteiger partial charge on any atom is -0.375 e. The van der Waals surface area contributed by atoms with Crippen molar-refractivity contribution in [3.05, 3.63) is 0 Å². The summed E-state index contributed by atoms with van der Waals surface area (Å²) in [5, 5.41) is 3.32. The van der Waals surface area contributed by atoms with Crippen LogP contribution in [0.1, 0.15) is 20.3 Å². The predicted molar refractivity (Wildman–Crippen MR) is 57.6 cm³/mol. The maximum Gasteiger partial charge on any atom is 0.227 e. The van der Waals surface area contributed by atoms with Crippen LogP contribution in [0.4, 0.5) is 0 Å². The molecule has 4 heteroatoms. The van der Waals surface area contributed by atoms with E-state index in [9.17, 15) is 4.79 Å². The molecule has 86 valence electrons. The lowest BCUT2D eigenvalue weighted by atomic mass is 10.00. The number of morpholine rings is 1. The zero-order valence-corrected chi connectivity index (χ0v) is 9.53. The molecule has 4 nitrogen and oxygen atoms in total. The summed E-state index contributed by atoms with van der Waals surface area (Å²) in [7, 11) is 0. The van der Waals surface area contributed by atoms with Crippen LogP contribution in [-0.4, -0.2) is 49.2 Å². The van der Waals surface area contributed by atoms with Crippen LogP contribution in [0.15, 0.2) is 0 Å². The summed E-state index contributed by atoms with van der Waals surface area (Å²) in [6.07, 6.45) is 1.17. The van der Waals surface area contributed by atoms with E-state index in [1.165, 1.54) is 0 Å². The smallest absolute Gasteiger partial charge is 0.227 e. The third-order valence-electron chi connectivity index (χ3n) is 3.40. The molecule has 0 aliphatic carbocycles. The number of amides is 1. The highest BCUT2D eigenvalue weighted by Crippen LogP contribution is 2.19. The van der Waals surface area contributed by atoms with E-state index in [-0.39, 0.29) is 12.0 Å². The maximum atomic E-state index is 12.2. The summed E-state index contributed by atoms with van der Waals surface area (Å²) in [6.45, 7) is 7.28. The van der Waals surface area contributed by atoms with Crippen LogP contribution in [0.2, 0.25) is 0 Å². The molecular weight excluding hydrogens is 192 g/mol. The van der Waals surface area contributed by atoms with Gasteiger partial charge >= 0.3 is 0 Å². The molecule has 0 bridgehead atoms. The molecular formula is C11H20N2O2. The van der Waals surface area contributed by atoms with Gasteiger partial charge in [-0.15, -0.1) is 0 Å². The average molecular weight is 212 g/mol. The summed E-state index contributed by atoms with van der Waals surface area (Å²) >= 11 is 0. The molecule has 15 heavy (non-hydrogen) atoms. The van der Waals surface area contributed by atoms with Crippen molar-refractivity contribution >= 4 is 5.91 Å². The summed E-state index contributed by atoms with van der Waals surface area (Å²) in [4.78, 5) is 14.1. The van der Waals surface area contributed by atoms with Crippen molar-refractivity contribution in [3.8, 4) is 0 Å². The Morgan fingerprint density at radius 1 is 1.47 bits per heavy atom. The SMILES string of the molecule is CC1CN(C(=O)C2CCNC2C)CCO1. The number of ether oxygens (including phenoxy) is 1. The largest absolute Gasteiger partial charge is 0.375 e. The fourth-order valence-electron chi connectivity index (χ4n) is 2.45. The first-order chi connectivity index (χ1) is 7.18. The van der Waals surface area contributed by atoms with Crippen molar-refractivity contribution in [2.24, 2.45) is 5.92 Å². The molecule has 2 aliphatic heterocycles. The molecule has 0 aromatic carbocycles. The lowest BCUT2D eigenvalue weighted by molar-refractivity contribution is -0.142. The molecule has 2 rings (SSSR count). The summed E-state index contributed by atoms with van der Waals surface area (Å²) in [5.41, 5.74) is 0. The predicted octanol–water partition coefficient (Wildman–Crippen LogP) is 0.232. The Kier molecular flexibility index (Phi) is 3.26. The molecule has 0 spiro atoms. The van der Waals surface area contributed by atoms with Gasteiger partial charge in [-0.3, -0.25) is 4.79 Å². The van der Waals surface area contributed by atoms with E-state index in [0.717, 1.165) is 26.1 Å². The third kappa shape index (κ3) is 2.32. The van der Waals surface area contributed by atoms with Gasteiger partial charge in [0.2, 0.25) is 5.91 Å². The minimum absolute atomic E-state index is 0.176. The molecule has 3 unspecified atom stereocenters. The normalized spacial score (nSPS) is 36.9. The van der Waals surface area contributed by atoms with Gasteiger partial charge in [0.1, 0.15) is 0 Å². The van der Waals surface area contributed by atoms with Crippen LogP contribution in [0, 0.1) is 5.92 Å². The molecule has 0 saturated carbocycles. The monoisotopic (exact) mass is 212 g/mol. The van der Waals surface area contributed by atoms with Crippen molar-refractivity contribution in [1.82, 2.24) is 10.2 Å². The van der Waals surface area contributed by atoms with Crippen LogP contribution in [0.3, 0.4) is 0 Å². The quantitative estimate of drug-likeness (QED) is 0.676. The fourth-order valence-corrected chi connectivity index (χ4v) is 2.45. The lowest BCUT2D eigenvalue weighted by Crippen LogP contribution is -2.48. The van der Waals surface area contributed by atoms with E-state index < -0.39 is 0 Å². The fraction of sp³-hybridized carbons (Fsp3) is 0.909. The molecule has 2 saturated heterocycles. The Balaban J connectivity index is 1.94. The number of nitrogens with zero attached hydrogens (tertiary/aromatic N) is 1. The molecule has 2 aliphatic rings. The molecule has 1 N–H and O–H groups in total. The van der Waals surface area contributed by atoms with Gasteiger partial charge in [0.25, 0.3) is 0 Å². The van der Waals surface area contributed by atoms with E-state index in [1.54, 1.807) is 0 Å². The Hall–Kier alpha value is -0.610. The van der Waals surface area contributed by atoms with E-state index >= 15 is 0 Å². The molecule has 1 amide bonds. The lowest BCUT2D eigenvalue weighted by Gasteiger charge is -2.33. The molecule has 0 aromatic rings. The van der Waals surface area contributed by atoms with Crippen LogP contribution in [-0.2, 0) is 9.53 Å². The van der Waals surface area contributed by atoms with E-state index in [1.807, 2.05) is 11.8 Å². The second-order valence-corrected chi connectivity index (χ2v) is 4.60. The molecule has 0 radical (unpaired) electrons. The second kappa shape index (κ2) is 4.49. The summed E-state index contributed by atoms with van der Waals surface area (Å²) < 4.78 is 5.44. The van der Waals surface area contributed by atoms with Gasteiger partial charge in [0.05, 0.1) is 18.6 Å². The first-order valence-electron chi connectivity index (χ1n) is 5.82. The van der Waals surface area contributed by atoms with Crippen molar-refractivity contribution in [2.45, 2.75) is 32.4 Å². The summed E-state index contributed by atoms with van der Waals surface area (Å²) in [6, 6.07) is 0.329. The van der Waals surface area contributed by atoms with Crippen LogP contribution in [0.25, 0.3) is 0 Å². The Morgan fingerprint density at radius 3 is 2.87 bits per heavy atom. The highest BCUT2D eigenvalue weighted by Gasteiger charge is 2.34. The highest BCUT2D eigenvalue weighted by atomic mass is 16.5. The molecule has 2 heterocycles. The van der Waals surface area contributed by atoms with Crippen molar-refractivity contribution < 1.29 is 9.53 Å². The maximum absolute atomic E-state index is 12.2. The number of nitrogens with one attached hydrogen (secondary N) is 1. The van der Waals surface area contributed by atoms with Crippen LogP contribution >= 0.6 is 0 Å². The number of rotatable bonds is 1. The van der Waals surface area contributed by atoms with Crippen LogP contribution < -0.4 is 5.32 Å². The first kappa shape index (κ1) is 10.9. The van der Waals surface area contributed by atoms with Crippen LogP contribution in [0.5, 0.6) is 0 Å². The molecule has 3 atom stereocenters. The van der Waals surface area contributed by atoms with E-state index in [4.69, 9.17) is 4.74 Å². The number of carbonyl (C=O) groups is 1. The Morgan fingerprint density at radius 2 is 2.27 bits per heavy atom. The van der Waals surface area contributed by atoms with Gasteiger partial charge in [-0.05, 0) is 26.8 Å². The number of carbonyl (C=O) groups excluding carboxylic acids is 1. The van der Waals surface area contributed by atoms with Crippen molar-refractivity contribution in [2.75, 3.05) is 26.2 Å². The third-order valence-corrected chi connectivity index (χ3v) is 3.40. The zero-order chi connectivity index (χ0) is 10.8. The van der Waals surface area contributed by atoms with Crippen molar-refractivity contribution in [3.63, 3.8) is 0 Å². The Bertz CT molecular complexity index is 245. The van der Waals surface area contributed by atoms with E-state index in [2.05, 4.69) is 12.2 Å². The van der Waals surface area contributed by atoms with E-state index in [0.29, 0.717) is 18.6 Å². The van der Waals surface area contributed by atoms with Gasteiger partial charge in [-0.2, -0.15) is 0 Å². The highest BCUT2D eigenvalue weighted by molar-refractivity contribution is 5.80. The van der Waals surface area contributed by atoms with Gasteiger partial charge < -0.3 is 15.0 Å². The first-order valence-corrected chi connectivity index (χ1v) is 5.82. The second-order valence-electron chi connectivity index (χ2n) is 4.60. The minimum atomic E-state index is 0.176. The standard InChI is InChI=1S/C11H20N2O2/c1-8-7-13(5-6-15-8)11(14)10-3-4-12-9(10)2/h8-10,12H,3-7H2,1-2H3. The molecule has 0 aromatic heterocycles. The average Bonchev–Trinajstić information content (AvgIpc) is 2.63. The number of hydrogen-bond acceptors (Lipinski definition) is 3. The zero-order valence-electron chi connectivity index (χ0n) is 9.53. The topological polar surface area (TPSA) is 41.6 Å². The van der Waals surface area contributed by atoms with Crippen molar-refractivity contribution in [1.29, 1.82) is 0 Å². The summed E-state index contributed by atoms with van der Waals surface area (Å²) in [5.74, 6) is 0.484. The van der Waals surface area contributed by atoms with Gasteiger partial charge in [-0.1, -0.05) is 0 Å². The van der Waals surface area contributed by atoms with Gasteiger partial charge in [0, 0.05) is 19.1 Å². The number of hydrogen-bond donors (Lipinski definition) is 1. The van der Waals surface area contributed by atoms with Gasteiger partial charge in [-0.25, -0.2) is 0 Å².